The average molecular weight is 943 g/mol. The fraction of sp³-hybridized carbons (Fsp3) is 1.00. The van der Waals surface area contributed by atoms with E-state index < -0.39 is 218 Å². The van der Waals surface area contributed by atoms with Crippen LogP contribution in [-0.2, 0) is 61.6 Å². The molecule has 0 amide bonds. The Morgan fingerprint density at radius 1 is 0.234 bits per heavy atom. The number of hydrogen-bond acceptors (Lipinski definition) is 29. The number of aliphatic hydroxyl groups is 16. The van der Waals surface area contributed by atoms with Gasteiger partial charge in [-0.15, -0.1) is 0 Å². The minimum Gasteiger partial charge on any atom is -0.394 e. The van der Waals surface area contributed by atoms with Gasteiger partial charge < -0.3 is 143 Å². The molecule has 7 unspecified atom stereocenters. The molecular formula is C35H58O29. The summed E-state index contributed by atoms with van der Waals surface area (Å²) in [5.41, 5.74) is 0. The normalized spacial score (nSPS) is 53.1. The summed E-state index contributed by atoms with van der Waals surface area (Å²) in [6, 6.07) is 0. The lowest BCUT2D eigenvalue weighted by atomic mass is 10.1. The van der Waals surface area contributed by atoms with E-state index in [-0.39, 0.29) is 0 Å². The van der Waals surface area contributed by atoms with Crippen LogP contribution in [0.4, 0.5) is 0 Å². The summed E-state index contributed by atoms with van der Waals surface area (Å²) in [6.07, 6.45) is -41.2. The highest BCUT2D eigenvalue weighted by molar-refractivity contribution is 4.94. The highest BCUT2D eigenvalue weighted by Gasteiger charge is 2.52. The molecule has 28 atom stereocenters. The molecule has 7 heterocycles. The fourth-order valence-corrected chi connectivity index (χ4v) is 7.96. The summed E-state index contributed by atoms with van der Waals surface area (Å²) >= 11 is 0. The van der Waals surface area contributed by atoms with Gasteiger partial charge in [0.15, 0.2) is 44.0 Å². The highest BCUT2D eigenvalue weighted by atomic mass is 16.8. The third kappa shape index (κ3) is 10.7. The molecule has 29 nitrogen and oxygen atoms in total. The van der Waals surface area contributed by atoms with Crippen molar-refractivity contribution in [1.82, 2.24) is 0 Å². The van der Waals surface area contributed by atoms with Crippen LogP contribution in [0.1, 0.15) is 0 Å². The molecule has 7 fully saturated rings. The van der Waals surface area contributed by atoms with Gasteiger partial charge in [0.25, 0.3) is 0 Å². The zero-order valence-electron chi connectivity index (χ0n) is 33.6. The van der Waals surface area contributed by atoms with Crippen molar-refractivity contribution in [2.45, 2.75) is 172 Å². The molecule has 16 N–H and O–H groups in total. The predicted molar refractivity (Wildman–Crippen MR) is 190 cm³/mol. The lowest BCUT2D eigenvalue weighted by molar-refractivity contribution is -0.230. The van der Waals surface area contributed by atoms with Gasteiger partial charge in [0, 0.05) is 0 Å². The standard InChI is InChI=1S/C35H58O29/c36-1-8-15(37)23(45)30(59-8)53-3-10-17(39)25(47)32(61-10)55-5-12-19(41)27(49)34(63-12)57-7-14-21(43)28(50)35(64-14)56-6-13-20(42)26(48)33(62-13)54-4-11-18(40)24(46)31(60-11)52-2-9-16(38)22(44)29(51)58-9/h8-51H,1-7H2/t8-,9-,10-,11-,12-,13-,14-,15+,16+,17+,18+,19+,20+,21+,22?,23?,24?,25?,26?,27?,28?,29+,30+,31+,32+,33+,34+,35+/m0/s1. The maximum Gasteiger partial charge on any atom is 0.186 e. The van der Waals surface area contributed by atoms with Crippen molar-refractivity contribution in [2.24, 2.45) is 0 Å². The Balaban J connectivity index is 0.801. The van der Waals surface area contributed by atoms with Crippen LogP contribution >= 0.6 is 0 Å². The molecule has 64 heavy (non-hydrogen) atoms. The van der Waals surface area contributed by atoms with Crippen LogP contribution in [0.2, 0.25) is 0 Å². The highest BCUT2D eigenvalue weighted by Crippen LogP contribution is 2.32. The molecule has 0 spiro atoms. The monoisotopic (exact) mass is 942 g/mol. The summed E-state index contributed by atoms with van der Waals surface area (Å²) in [6.45, 7) is -3.50. The zero-order valence-corrected chi connectivity index (χ0v) is 33.6. The number of hydrogen-bond donors (Lipinski definition) is 16. The average Bonchev–Trinajstić information content (AvgIpc) is 4.09. The van der Waals surface area contributed by atoms with E-state index in [2.05, 4.69) is 0 Å². The second kappa shape index (κ2) is 21.6. The van der Waals surface area contributed by atoms with E-state index in [0.717, 1.165) is 0 Å². The topological polar surface area (TPSA) is 444 Å². The first-order valence-corrected chi connectivity index (χ1v) is 20.5. The van der Waals surface area contributed by atoms with Crippen LogP contribution in [0.15, 0.2) is 0 Å². The lowest BCUT2D eigenvalue weighted by Crippen LogP contribution is -2.39. The van der Waals surface area contributed by atoms with Crippen molar-refractivity contribution in [3.05, 3.63) is 0 Å². The maximum absolute atomic E-state index is 10.6. The van der Waals surface area contributed by atoms with Gasteiger partial charge in [-0.25, -0.2) is 0 Å². The molecule has 7 aliphatic heterocycles. The van der Waals surface area contributed by atoms with E-state index in [1.165, 1.54) is 0 Å². The molecule has 29 heteroatoms. The van der Waals surface area contributed by atoms with Gasteiger partial charge >= 0.3 is 0 Å². The predicted octanol–water partition coefficient (Wildman–Crippen LogP) is -11.8. The van der Waals surface area contributed by atoms with Crippen molar-refractivity contribution in [2.75, 3.05) is 46.2 Å². The first-order chi connectivity index (χ1) is 30.4. The van der Waals surface area contributed by atoms with E-state index in [4.69, 9.17) is 61.6 Å². The molecule has 372 valence electrons. The van der Waals surface area contributed by atoms with E-state index >= 15 is 0 Å². The van der Waals surface area contributed by atoms with Gasteiger partial charge in [0.2, 0.25) is 0 Å². The minimum absolute atomic E-state index is 0.434. The summed E-state index contributed by atoms with van der Waals surface area (Å²) in [5.74, 6) is 0. The van der Waals surface area contributed by atoms with Gasteiger partial charge in [-0.3, -0.25) is 0 Å². The van der Waals surface area contributed by atoms with Gasteiger partial charge in [-0.05, 0) is 0 Å². The van der Waals surface area contributed by atoms with E-state index in [0.29, 0.717) is 0 Å². The Bertz CT molecular complexity index is 1460. The fourth-order valence-electron chi connectivity index (χ4n) is 7.96. The number of aliphatic hydroxyl groups excluding tert-OH is 16. The van der Waals surface area contributed by atoms with E-state index in [1.807, 2.05) is 0 Å². The van der Waals surface area contributed by atoms with Gasteiger partial charge in [0.05, 0.1) is 46.2 Å². The van der Waals surface area contributed by atoms with E-state index in [9.17, 15) is 81.7 Å². The Morgan fingerprint density at radius 3 is 0.609 bits per heavy atom. The lowest BCUT2D eigenvalue weighted by Gasteiger charge is -2.21. The molecule has 7 saturated heterocycles. The van der Waals surface area contributed by atoms with Crippen LogP contribution in [0, 0.1) is 0 Å². The van der Waals surface area contributed by atoms with Crippen molar-refractivity contribution in [1.29, 1.82) is 0 Å². The Kier molecular flexibility index (Phi) is 17.1. The zero-order chi connectivity index (χ0) is 46.3. The first kappa shape index (κ1) is 50.7. The molecule has 0 saturated carbocycles. The summed E-state index contributed by atoms with van der Waals surface area (Å²) in [4.78, 5) is 0. The summed E-state index contributed by atoms with van der Waals surface area (Å²) in [5, 5.41) is 163. The third-order valence-corrected chi connectivity index (χ3v) is 12.0. The van der Waals surface area contributed by atoms with Crippen LogP contribution in [0.25, 0.3) is 0 Å². The van der Waals surface area contributed by atoms with Gasteiger partial charge in [-0.1, -0.05) is 0 Å². The smallest absolute Gasteiger partial charge is 0.186 e. The number of rotatable bonds is 19. The second-order valence-corrected chi connectivity index (χ2v) is 16.4. The van der Waals surface area contributed by atoms with E-state index in [1.54, 1.807) is 0 Å². The minimum atomic E-state index is -1.67. The molecule has 0 radical (unpaired) electrons. The van der Waals surface area contributed by atoms with Gasteiger partial charge in [-0.2, -0.15) is 0 Å². The first-order valence-electron chi connectivity index (χ1n) is 20.5. The van der Waals surface area contributed by atoms with Crippen LogP contribution in [0.3, 0.4) is 0 Å². The molecule has 0 bridgehead atoms. The molecular weight excluding hydrogens is 884 g/mol. The third-order valence-electron chi connectivity index (χ3n) is 12.0. The van der Waals surface area contributed by atoms with Crippen LogP contribution in [-0.4, -0.2) is 300 Å². The molecule has 0 aromatic carbocycles. The Hall–Kier alpha value is -1.16. The summed E-state index contributed by atoms with van der Waals surface area (Å²) in [7, 11) is 0. The molecule has 7 rings (SSSR count). The molecule has 0 aliphatic carbocycles. The van der Waals surface area contributed by atoms with Crippen molar-refractivity contribution < 1.29 is 143 Å². The quantitative estimate of drug-likeness (QED) is 0.0572. The Morgan fingerprint density at radius 2 is 0.422 bits per heavy atom. The largest absolute Gasteiger partial charge is 0.394 e. The molecule has 7 aliphatic rings. The maximum atomic E-state index is 10.6. The second-order valence-electron chi connectivity index (χ2n) is 16.4. The SMILES string of the molecule is OC[C@@H]1O[C@@H](OC[C@@H]2O[C@@H](OC[C@@H]3O[C@@H](OC[C@@H]4O[C@@H](OC[C@@H]5O[C@@H](OC[C@@H]6O[C@@H](OC[C@@H]7O[C@@H](O)C(O)[C@@H]7O)C(O)[C@@H]6O)C(O)[C@@H]5O)C(O)[C@@H]4O)C(O)[C@@H]3O)C(O)[C@@H]2O)C(O)[C@@H]1O. The van der Waals surface area contributed by atoms with Crippen molar-refractivity contribution in [3.8, 4) is 0 Å². The van der Waals surface area contributed by atoms with Crippen LogP contribution < -0.4 is 0 Å². The van der Waals surface area contributed by atoms with Crippen LogP contribution in [0.5, 0.6) is 0 Å². The molecule has 0 aromatic rings. The summed E-state index contributed by atoms with van der Waals surface area (Å²) < 4.78 is 70.6. The van der Waals surface area contributed by atoms with Crippen molar-refractivity contribution >= 4 is 0 Å². The van der Waals surface area contributed by atoms with Crippen molar-refractivity contribution in [3.63, 3.8) is 0 Å². The number of ether oxygens (including phenoxy) is 13. The molecule has 0 aromatic heterocycles. The van der Waals surface area contributed by atoms with Gasteiger partial charge in [0.1, 0.15) is 128 Å². The Labute approximate surface area is 361 Å².